The van der Waals surface area contributed by atoms with Crippen LogP contribution in [0.25, 0.3) is 21.5 Å². The normalized spacial score (nSPS) is 10.7. The Morgan fingerprint density at radius 3 is 2.80 bits per heavy atom. The number of thiazole rings is 1. The number of carbonyl (C=O) groups excluding carboxylic acids is 1. The summed E-state index contributed by atoms with van der Waals surface area (Å²) in [5, 5.41) is 11.0. The Kier molecular flexibility index (Phi) is 4.27. The second kappa shape index (κ2) is 6.87. The number of amides is 1. The van der Waals surface area contributed by atoms with Gasteiger partial charge in [-0.2, -0.15) is 4.98 Å². The van der Waals surface area contributed by atoms with E-state index in [9.17, 15) is 4.79 Å². The molecule has 0 saturated heterocycles. The summed E-state index contributed by atoms with van der Waals surface area (Å²) in [6, 6.07) is 5.62. The number of hydrogen-bond donors (Lipinski definition) is 1. The average molecular weight is 370 g/mol. The van der Waals surface area contributed by atoms with Crippen molar-refractivity contribution in [2.75, 3.05) is 0 Å². The average Bonchev–Trinajstić information content (AvgIpc) is 3.41. The van der Waals surface area contributed by atoms with Crippen LogP contribution in [0.1, 0.15) is 16.4 Å². The van der Waals surface area contributed by atoms with Crippen molar-refractivity contribution in [1.29, 1.82) is 0 Å². The molecule has 1 amide bonds. The van der Waals surface area contributed by atoms with Crippen LogP contribution in [0.4, 0.5) is 0 Å². The van der Waals surface area contributed by atoms with Crippen LogP contribution in [0, 0.1) is 0 Å². The number of nitrogens with one attached hydrogen (secondary N) is 1. The van der Waals surface area contributed by atoms with Crippen molar-refractivity contribution in [2.45, 2.75) is 6.54 Å². The highest BCUT2D eigenvalue weighted by Gasteiger charge is 2.15. The zero-order valence-electron chi connectivity index (χ0n) is 12.6. The van der Waals surface area contributed by atoms with Crippen molar-refractivity contribution < 1.29 is 9.32 Å². The van der Waals surface area contributed by atoms with Gasteiger partial charge in [0.2, 0.25) is 17.5 Å². The van der Waals surface area contributed by atoms with Crippen molar-refractivity contribution in [2.24, 2.45) is 0 Å². The number of aromatic nitrogens is 5. The molecule has 0 aliphatic carbocycles. The molecule has 0 radical (unpaired) electrons. The van der Waals surface area contributed by atoms with E-state index in [1.807, 2.05) is 17.5 Å². The molecule has 8 nitrogen and oxygen atoms in total. The van der Waals surface area contributed by atoms with Gasteiger partial charge in [-0.05, 0) is 17.5 Å². The molecule has 0 saturated carbocycles. The summed E-state index contributed by atoms with van der Waals surface area (Å²) in [4.78, 5) is 29.8. The van der Waals surface area contributed by atoms with Gasteiger partial charge in [0.1, 0.15) is 10.7 Å². The van der Waals surface area contributed by atoms with Crippen LogP contribution < -0.4 is 5.32 Å². The summed E-state index contributed by atoms with van der Waals surface area (Å²) in [7, 11) is 0. The maximum absolute atomic E-state index is 12.2. The van der Waals surface area contributed by atoms with Gasteiger partial charge in [0, 0.05) is 17.8 Å². The van der Waals surface area contributed by atoms with Crippen molar-refractivity contribution in [1.82, 2.24) is 30.4 Å². The topological polar surface area (TPSA) is 107 Å². The third kappa shape index (κ3) is 3.44. The van der Waals surface area contributed by atoms with Gasteiger partial charge in [0.25, 0.3) is 5.91 Å². The van der Waals surface area contributed by atoms with Gasteiger partial charge in [0.15, 0.2) is 0 Å². The first-order valence-electron chi connectivity index (χ1n) is 7.17. The van der Waals surface area contributed by atoms with E-state index in [4.69, 9.17) is 4.52 Å². The molecule has 25 heavy (non-hydrogen) atoms. The summed E-state index contributed by atoms with van der Waals surface area (Å²) in [6.45, 7) is 0.102. The standard InChI is InChI=1S/C15H10N6O2S2/c22-14(9-8-25-15(19-9)10-3-1-6-24-10)18-7-11-20-13(21-23-11)12-16-4-2-5-17-12/h1-6,8H,7H2,(H,18,22). The summed E-state index contributed by atoms with van der Waals surface area (Å²) < 4.78 is 5.10. The molecular weight excluding hydrogens is 360 g/mol. The van der Waals surface area contributed by atoms with E-state index in [0.717, 1.165) is 9.88 Å². The predicted octanol–water partition coefficient (Wildman–Crippen LogP) is 2.64. The van der Waals surface area contributed by atoms with Gasteiger partial charge < -0.3 is 9.84 Å². The van der Waals surface area contributed by atoms with Crippen LogP contribution in [-0.4, -0.2) is 31.0 Å². The van der Waals surface area contributed by atoms with E-state index in [-0.39, 0.29) is 24.2 Å². The number of thiophene rings is 1. The Hall–Kier alpha value is -2.98. The zero-order valence-corrected chi connectivity index (χ0v) is 14.3. The first kappa shape index (κ1) is 15.5. The second-order valence-corrected chi connectivity index (χ2v) is 6.59. The highest BCUT2D eigenvalue weighted by Crippen LogP contribution is 2.27. The number of carbonyl (C=O) groups is 1. The first-order valence-corrected chi connectivity index (χ1v) is 8.93. The minimum Gasteiger partial charge on any atom is -0.342 e. The summed E-state index contributed by atoms with van der Waals surface area (Å²) in [5.41, 5.74) is 0.361. The van der Waals surface area contributed by atoms with Crippen molar-refractivity contribution in [3.05, 3.63) is 52.9 Å². The molecule has 10 heteroatoms. The monoisotopic (exact) mass is 370 g/mol. The van der Waals surface area contributed by atoms with Crippen LogP contribution in [0.15, 0.2) is 45.9 Å². The lowest BCUT2D eigenvalue weighted by Crippen LogP contribution is -2.23. The quantitative estimate of drug-likeness (QED) is 0.575. The van der Waals surface area contributed by atoms with Crippen LogP contribution in [0.2, 0.25) is 0 Å². The Morgan fingerprint density at radius 2 is 2.00 bits per heavy atom. The van der Waals surface area contributed by atoms with Crippen molar-refractivity contribution in [3.63, 3.8) is 0 Å². The molecule has 0 atom stereocenters. The molecule has 0 aromatic carbocycles. The Morgan fingerprint density at radius 1 is 1.12 bits per heavy atom. The molecule has 0 aliphatic heterocycles. The van der Waals surface area contributed by atoms with E-state index < -0.39 is 0 Å². The number of nitrogens with zero attached hydrogens (tertiary/aromatic N) is 5. The Balaban J connectivity index is 1.40. The van der Waals surface area contributed by atoms with Crippen molar-refractivity contribution >= 4 is 28.6 Å². The van der Waals surface area contributed by atoms with Gasteiger partial charge in [-0.3, -0.25) is 4.79 Å². The van der Waals surface area contributed by atoms with E-state index in [0.29, 0.717) is 11.5 Å². The minimum absolute atomic E-state index is 0.102. The van der Waals surface area contributed by atoms with E-state index in [1.54, 1.807) is 35.2 Å². The highest BCUT2D eigenvalue weighted by molar-refractivity contribution is 7.20. The summed E-state index contributed by atoms with van der Waals surface area (Å²) in [6.07, 6.45) is 3.18. The van der Waals surface area contributed by atoms with Gasteiger partial charge in [0.05, 0.1) is 11.4 Å². The fourth-order valence-corrected chi connectivity index (χ4v) is 3.58. The lowest BCUT2D eigenvalue weighted by atomic mass is 10.4. The largest absolute Gasteiger partial charge is 0.342 e. The third-order valence-electron chi connectivity index (χ3n) is 3.10. The second-order valence-electron chi connectivity index (χ2n) is 4.78. The minimum atomic E-state index is -0.297. The van der Waals surface area contributed by atoms with E-state index in [2.05, 4.69) is 30.4 Å². The number of rotatable bonds is 5. The predicted molar refractivity (Wildman–Crippen MR) is 91.9 cm³/mol. The molecule has 0 fully saturated rings. The molecule has 4 rings (SSSR count). The Labute approximate surface area is 149 Å². The maximum atomic E-state index is 12.2. The first-order chi connectivity index (χ1) is 12.3. The fraction of sp³-hybridized carbons (Fsp3) is 0.0667. The highest BCUT2D eigenvalue weighted by atomic mass is 32.1. The van der Waals surface area contributed by atoms with Gasteiger partial charge in [-0.1, -0.05) is 11.2 Å². The molecular formula is C15H10N6O2S2. The SMILES string of the molecule is O=C(NCc1nc(-c2ncccn2)no1)c1csc(-c2cccs2)n1. The Bertz CT molecular complexity index is 981. The van der Waals surface area contributed by atoms with Crippen LogP contribution in [0.5, 0.6) is 0 Å². The molecule has 0 aliphatic rings. The smallest absolute Gasteiger partial charge is 0.271 e. The van der Waals surface area contributed by atoms with Crippen LogP contribution in [-0.2, 0) is 6.54 Å². The molecule has 0 bridgehead atoms. The molecule has 0 spiro atoms. The van der Waals surface area contributed by atoms with Gasteiger partial charge in [-0.25, -0.2) is 15.0 Å². The fourth-order valence-electron chi connectivity index (χ4n) is 1.97. The summed E-state index contributed by atoms with van der Waals surface area (Å²) >= 11 is 3.01. The third-order valence-corrected chi connectivity index (χ3v) is 4.98. The molecule has 4 heterocycles. The molecule has 0 unspecified atom stereocenters. The van der Waals surface area contributed by atoms with Crippen LogP contribution >= 0.6 is 22.7 Å². The molecule has 4 aromatic heterocycles. The summed E-state index contributed by atoms with van der Waals surface area (Å²) in [5.74, 6) is 0.613. The molecule has 124 valence electrons. The molecule has 1 N–H and O–H groups in total. The maximum Gasteiger partial charge on any atom is 0.271 e. The van der Waals surface area contributed by atoms with Gasteiger partial charge >= 0.3 is 0 Å². The van der Waals surface area contributed by atoms with Crippen molar-refractivity contribution in [3.8, 4) is 21.5 Å². The lowest BCUT2D eigenvalue weighted by Gasteiger charge is -1.98. The zero-order chi connectivity index (χ0) is 17.1. The van der Waals surface area contributed by atoms with Gasteiger partial charge in [-0.15, -0.1) is 22.7 Å². The lowest BCUT2D eigenvalue weighted by molar-refractivity contribution is 0.0942. The van der Waals surface area contributed by atoms with Crippen LogP contribution in [0.3, 0.4) is 0 Å². The number of hydrogen-bond acceptors (Lipinski definition) is 9. The van der Waals surface area contributed by atoms with E-state index >= 15 is 0 Å². The van der Waals surface area contributed by atoms with E-state index in [1.165, 1.54) is 11.3 Å². The molecule has 4 aromatic rings.